The monoisotopic (exact) mass is 270 g/mol. The number of unbranched alkanes of at least 4 members (excludes halogenated alkanes) is 4. The second-order valence-corrected chi connectivity index (χ2v) is 6.13. The van der Waals surface area contributed by atoms with Crippen molar-refractivity contribution in [2.45, 2.75) is 84.2 Å². The van der Waals surface area contributed by atoms with Crippen LogP contribution < -0.4 is 0 Å². The van der Waals surface area contributed by atoms with Crippen LogP contribution in [0.4, 0.5) is 0 Å². The molecule has 0 bridgehead atoms. The third-order valence-corrected chi connectivity index (χ3v) is 4.14. The zero-order valence-corrected chi connectivity index (χ0v) is 13.2. The molecule has 2 heteroatoms. The molecule has 0 N–H and O–H groups in total. The fourth-order valence-electron chi connectivity index (χ4n) is 2.65. The van der Waals surface area contributed by atoms with Crippen molar-refractivity contribution in [2.24, 2.45) is 5.92 Å². The van der Waals surface area contributed by atoms with Crippen LogP contribution in [0.3, 0.4) is 0 Å². The average Bonchev–Trinajstić information content (AvgIpc) is 2.43. The molecule has 114 valence electrons. The van der Waals surface area contributed by atoms with Crippen LogP contribution in [0, 0.1) is 5.92 Å². The molecule has 0 aliphatic heterocycles. The Labute approximate surface area is 120 Å². The lowest BCUT2D eigenvalue weighted by Crippen LogP contribution is -2.20. The van der Waals surface area contributed by atoms with Gasteiger partial charge in [-0.3, -0.25) is 0 Å². The van der Waals surface area contributed by atoms with Gasteiger partial charge in [-0.2, -0.15) is 0 Å². The highest BCUT2D eigenvalue weighted by Gasteiger charge is 2.17. The van der Waals surface area contributed by atoms with Crippen LogP contribution in [0.1, 0.15) is 78.1 Å². The topological polar surface area (TPSA) is 18.5 Å². The number of ether oxygens (including phenoxy) is 2. The Morgan fingerprint density at radius 1 is 0.789 bits per heavy atom. The first-order valence-corrected chi connectivity index (χ1v) is 8.52. The quantitative estimate of drug-likeness (QED) is 0.494. The molecule has 1 aliphatic rings. The summed E-state index contributed by atoms with van der Waals surface area (Å²) in [4.78, 5) is 0. The lowest BCUT2D eigenvalue weighted by atomic mass is 9.89. The molecular weight excluding hydrogens is 236 g/mol. The van der Waals surface area contributed by atoms with Gasteiger partial charge >= 0.3 is 0 Å². The summed E-state index contributed by atoms with van der Waals surface area (Å²) in [6.07, 6.45) is 13.3. The lowest BCUT2D eigenvalue weighted by molar-refractivity contribution is 0.0176. The molecule has 0 radical (unpaired) electrons. The highest BCUT2D eigenvalue weighted by Crippen LogP contribution is 2.25. The molecule has 0 aromatic rings. The first-order valence-electron chi connectivity index (χ1n) is 8.52. The molecule has 2 nitrogen and oxygen atoms in total. The van der Waals surface area contributed by atoms with Crippen LogP contribution in [0.25, 0.3) is 0 Å². The van der Waals surface area contributed by atoms with Crippen molar-refractivity contribution in [1.82, 2.24) is 0 Å². The molecule has 0 atom stereocenters. The summed E-state index contributed by atoms with van der Waals surface area (Å²) in [5.74, 6) is 0.924. The Bertz CT molecular complexity index is 186. The van der Waals surface area contributed by atoms with Crippen LogP contribution in [-0.4, -0.2) is 25.9 Å². The molecule has 0 saturated heterocycles. The van der Waals surface area contributed by atoms with E-state index < -0.39 is 0 Å². The summed E-state index contributed by atoms with van der Waals surface area (Å²) in [6, 6.07) is 0. The molecule has 1 aliphatic carbocycles. The minimum atomic E-state index is 0.563. The fraction of sp³-hybridized carbons (Fsp3) is 1.00. The minimum absolute atomic E-state index is 0.563. The summed E-state index contributed by atoms with van der Waals surface area (Å²) in [5, 5.41) is 0. The minimum Gasteiger partial charge on any atom is -0.381 e. The van der Waals surface area contributed by atoms with Crippen molar-refractivity contribution in [1.29, 1.82) is 0 Å². The van der Waals surface area contributed by atoms with Crippen LogP contribution in [0.15, 0.2) is 0 Å². The standard InChI is InChI=1S/C17H34O2/c1-3-4-13-18-14-7-5-6-8-15-19-17-11-9-16(2)10-12-17/h16-17H,3-15H2,1-2H3. The van der Waals surface area contributed by atoms with E-state index in [1.807, 2.05) is 0 Å². The van der Waals surface area contributed by atoms with E-state index in [0.717, 1.165) is 25.7 Å². The van der Waals surface area contributed by atoms with Gasteiger partial charge < -0.3 is 9.47 Å². The maximum Gasteiger partial charge on any atom is 0.0575 e. The summed E-state index contributed by atoms with van der Waals surface area (Å²) >= 11 is 0. The molecule has 0 spiro atoms. The third kappa shape index (κ3) is 9.45. The van der Waals surface area contributed by atoms with Crippen LogP contribution in [0.2, 0.25) is 0 Å². The number of rotatable bonds is 11. The lowest BCUT2D eigenvalue weighted by Gasteiger charge is -2.26. The smallest absolute Gasteiger partial charge is 0.0575 e. The molecule has 0 aromatic carbocycles. The van der Waals surface area contributed by atoms with Crippen LogP contribution >= 0.6 is 0 Å². The van der Waals surface area contributed by atoms with E-state index in [1.54, 1.807) is 0 Å². The third-order valence-electron chi connectivity index (χ3n) is 4.14. The van der Waals surface area contributed by atoms with E-state index in [-0.39, 0.29) is 0 Å². The Morgan fingerprint density at radius 2 is 1.42 bits per heavy atom. The van der Waals surface area contributed by atoms with Crippen molar-refractivity contribution >= 4 is 0 Å². The Hall–Kier alpha value is -0.0800. The fourth-order valence-corrected chi connectivity index (χ4v) is 2.65. The molecule has 1 rings (SSSR count). The van der Waals surface area contributed by atoms with E-state index in [4.69, 9.17) is 9.47 Å². The van der Waals surface area contributed by atoms with Gasteiger partial charge in [-0.05, 0) is 50.9 Å². The predicted molar refractivity (Wildman–Crippen MR) is 81.6 cm³/mol. The van der Waals surface area contributed by atoms with Crippen molar-refractivity contribution in [2.75, 3.05) is 19.8 Å². The van der Waals surface area contributed by atoms with E-state index in [2.05, 4.69) is 13.8 Å². The highest BCUT2D eigenvalue weighted by molar-refractivity contribution is 4.69. The van der Waals surface area contributed by atoms with Gasteiger partial charge in [-0.1, -0.05) is 33.1 Å². The summed E-state index contributed by atoms with van der Waals surface area (Å²) < 4.78 is 11.5. The van der Waals surface area contributed by atoms with Gasteiger partial charge in [-0.15, -0.1) is 0 Å². The molecule has 1 fully saturated rings. The Balaban J connectivity index is 1.76. The number of hydrogen-bond donors (Lipinski definition) is 0. The average molecular weight is 270 g/mol. The Kier molecular flexibility index (Phi) is 10.5. The van der Waals surface area contributed by atoms with E-state index >= 15 is 0 Å². The van der Waals surface area contributed by atoms with Crippen LogP contribution in [0.5, 0.6) is 0 Å². The second kappa shape index (κ2) is 11.7. The molecule has 0 aromatic heterocycles. The molecule has 0 amide bonds. The maximum absolute atomic E-state index is 5.96. The normalized spacial score (nSPS) is 23.7. The van der Waals surface area contributed by atoms with Gasteiger partial charge in [0.15, 0.2) is 0 Å². The van der Waals surface area contributed by atoms with Gasteiger partial charge in [-0.25, -0.2) is 0 Å². The van der Waals surface area contributed by atoms with Gasteiger partial charge in [0.25, 0.3) is 0 Å². The van der Waals surface area contributed by atoms with Crippen molar-refractivity contribution in [3.05, 3.63) is 0 Å². The maximum atomic E-state index is 5.96. The van der Waals surface area contributed by atoms with Crippen molar-refractivity contribution in [3.8, 4) is 0 Å². The van der Waals surface area contributed by atoms with Gasteiger partial charge in [0, 0.05) is 19.8 Å². The zero-order chi connectivity index (χ0) is 13.8. The summed E-state index contributed by atoms with van der Waals surface area (Å²) in [6.45, 7) is 7.42. The van der Waals surface area contributed by atoms with E-state index in [1.165, 1.54) is 64.2 Å². The van der Waals surface area contributed by atoms with Gasteiger partial charge in [0.1, 0.15) is 0 Å². The largest absolute Gasteiger partial charge is 0.381 e. The first kappa shape index (κ1) is 17.0. The summed E-state index contributed by atoms with van der Waals surface area (Å²) in [7, 11) is 0. The zero-order valence-electron chi connectivity index (χ0n) is 13.2. The van der Waals surface area contributed by atoms with E-state index in [0.29, 0.717) is 6.10 Å². The highest BCUT2D eigenvalue weighted by atomic mass is 16.5. The van der Waals surface area contributed by atoms with Crippen LogP contribution in [-0.2, 0) is 9.47 Å². The van der Waals surface area contributed by atoms with Gasteiger partial charge in [0.05, 0.1) is 6.10 Å². The number of hydrogen-bond acceptors (Lipinski definition) is 2. The van der Waals surface area contributed by atoms with Crippen molar-refractivity contribution in [3.63, 3.8) is 0 Å². The van der Waals surface area contributed by atoms with Gasteiger partial charge in [0.2, 0.25) is 0 Å². The SMILES string of the molecule is CCCCOCCCCCCOC1CCC(C)CC1. The molecule has 0 heterocycles. The second-order valence-electron chi connectivity index (χ2n) is 6.13. The molecule has 0 unspecified atom stereocenters. The Morgan fingerprint density at radius 3 is 2.11 bits per heavy atom. The molecule has 1 saturated carbocycles. The predicted octanol–water partition coefficient (Wildman–Crippen LogP) is 4.96. The molecular formula is C17H34O2. The van der Waals surface area contributed by atoms with Crippen molar-refractivity contribution < 1.29 is 9.47 Å². The first-order chi connectivity index (χ1) is 9.33. The molecule has 19 heavy (non-hydrogen) atoms. The van der Waals surface area contributed by atoms with E-state index in [9.17, 15) is 0 Å². The summed E-state index contributed by atoms with van der Waals surface area (Å²) in [5.41, 5.74) is 0.